The van der Waals surface area contributed by atoms with Crippen LogP contribution in [0, 0.1) is 5.92 Å². The molecule has 1 fully saturated rings. The number of benzene rings is 1. The highest BCUT2D eigenvalue weighted by Crippen LogP contribution is 2.29. The third-order valence-electron chi connectivity index (χ3n) is 5.28. The molecule has 0 aliphatic heterocycles. The lowest BCUT2D eigenvalue weighted by molar-refractivity contribution is -0.135. The van der Waals surface area contributed by atoms with E-state index in [9.17, 15) is 9.59 Å². The first kappa shape index (κ1) is 20.3. The smallest absolute Gasteiger partial charge is 0.279 e. The molecule has 0 saturated heterocycles. The topological polar surface area (TPSA) is 67.4 Å². The van der Waals surface area contributed by atoms with Gasteiger partial charge in [-0.05, 0) is 43.2 Å². The molecule has 144 valence electrons. The molecule has 0 aromatic heterocycles. The van der Waals surface area contributed by atoms with Crippen molar-refractivity contribution in [1.29, 1.82) is 0 Å². The standard InChI is InChI=1S/C21H32N2O3/c1-4-15(3)17-13-9-10-14-19(17)26-18(5-2)21(25)23-22-20(24)16-11-7-6-8-12-16/h9-10,13-16,18H,4-8,11-12H2,1-3H3,(H,22,24)(H,23,25). The Balaban J connectivity index is 1.93. The summed E-state index contributed by atoms with van der Waals surface area (Å²) in [6.45, 7) is 6.18. The third-order valence-corrected chi connectivity index (χ3v) is 5.28. The summed E-state index contributed by atoms with van der Waals surface area (Å²) in [5.41, 5.74) is 6.24. The van der Waals surface area contributed by atoms with Crippen molar-refractivity contribution in [2.75, 3.05) is 0 Å². The molecule has 2 amide bonds. The van der Waals surface area contributed by atoms with Gasteiger partial charge in [0.2, 0.25) is 5.91 Å². The first-order valence-corrected chi connectivity index (χ1v) is 9.92. The SMILES string of the molecule is CCC(Oc1ccccc1C(C)CC)C(=O)NNC(=O)C1CCCCC1. The summed E-state index contributed by atoms with van der Waals surface area (Å²) in [6.07, 6.45) is 6.05. The average molecular weight is 360 g/mol. The fourth-order valence-electron chi connectivity index (χ4n) is 3.36. The van der Waals surface area contributed by atoms with E-state index in [-0.39, 0.29) is 17.7 Å². The van der Waals surface area contributed by atoms with Gasteiger partial charge in [-0.25, -0.2) is 0 Å². The number of hydrogen-bond donors (Lipinski definition) is 2. The minimum absolute atomic E-state index is 0.0103. The Morgan fingerprint density at radius 2 is 1.77 bits per heavy atom. The van der Waals surface area contributed by atoms with Crippen molar-refractivity contribution in [3.63, 3.8) is 0 Å². The summed E-state index contributed by atoms with van der Waals surface area (Å²) in [7, 11) is 0. The Hall–Kier alpha value is -2.04. The van der Waals surface area contributed by atoms with Crippen molar-refractivity contribution in [3.05, 3.63) is 29.8 Å². The number of hydrazine groups is 1. The molecule has 26 heavy (non-hydrogen) atoms. The summed E-state index contributed by atoms with van der Waals surface area (Å²) >= 11 is 0. The molecule has 0 bridgehead atoms. The van der Waals surface area contributed by atoms with Crippen LogP contribution in [-0.2, 0) is 9.59 Å². The number of amides is 2. The summed E-state index contributed by atoms with van der Waals surface area (Å²) in [6, 6.07) is 7.84. The van der Waals surface area contributed by atoms with Crippen LogP contribution in [0.4, 0.5) is 0 Å². The van der Waals surface area contributed by atoms with Crippen molar-refractivity contribution in [1.82, 2.24) is 10.9 Å². The number of rotatable bonds is 7. The van der Waals surface area contributed by atoms with Gasteiger partial charge in [0.1, 0.15) is 5.75 Å². The van der Waals surface area contributed by atoms with Crippen LogP contribution in [-0.4, -0.2) is 17.9 Å². The lowest BCUT2D eigenvalue weighted by atomic mass is 9.89. The first-order chi connectivity index (χ1) is 12.6. The number of carbonyl (C=O) groups excluding carboxylic acids is 2. The lowest BCUT2D eigenvalue weighted by Crippen LogP contribution is -2.49. The van der Waals surface area contributed by atoms with E-state index in [0.29, 0.717) is 12.3 Å². The minimum atomic E-state index is -0.633. The van der Waals surface area contributed by atoms with Crippen LogP contribution in [0.2, 0.25) is 0 Å². The Kier molecular flexibility index (Phi) is 7.95. The molecule has 1 aromatic rings. The fraction of sp³-hybridized carbons (Fsp3) is 0.619. The van der Waals surface area contributed by atoms with Crippen LogP contribution < -0.4 is 15.6 Å². The normalized spacial score (nSPS) is 17.2. The molecule has 1 aromatic carbocycles. The van der Waals surface area contributed by atoms with Gasteiger partial charge in [-0.1, -0.05) is 58.2 Å². The Morgan fingerprint density at radius 1 is 1.08 bits per heavy atom. The highest BCUT2D eigenvalue weighted by atomic mass is 16.5. The zero-order valence-electron chi connectivity index (χ0n) is 16.2. The number of hydrogen-bond acceptors (Lipinski definition) is 3. The number of nitrogens with one attached hydrogen (secondary N) is 2. The van der Waals surface area contributed by atoms with Crippen molar-refractivity contribution in [3.8, 4) is 5.75 Å². The Labute approximate surface area is 156 Å². The quantitative estimate of drug-likeness (QED) is 0.720. The fourth-order valence-corrected chi connectivity index (χ4v) is 3.36. The van der Waals surface area contributed by atoms with Crippen molar-refractivity contribution in [2.45, 2.75) is 77.7 Å². The maximum atomic E-state index is 12.5. The molecule has 2 N–H and O–H groups in total. The molecular formula is C21H32N2O3. The Bertz CT molecular complexity index is 597. The largest absolute Gasteiger partial charge is 0.480 e. The second-order valence-electron chi connectivity index (χ2n) is 7.18. The van der Waals surface area contributed by atoms with Crippen LogP contribution in [0.25, 0.3) is 0 Å². The maximum absolute atomic E-state index is 12.5. The number of ether oxygens (including phenoxy) is 1. The second-order valence-corrected chi connectivity index (χ2v) is 7.18. The van der Waals surface area contributed by atoms with Gasteiger partial charge in [0, 0.05) is 5.92 Å². The van der Waals surface area contributed by atoms with E-state index in [2.05, 4.69) is 24.7 Å². The van der Waals surface area contributed by atoms with E-state index < -0.39 is 6.10 Å². The molecular weight excluding hydrogens is 328 g/mol. The molecule has 0 spiro atoms. The van der Waals surface area contributed by atoms with Gasteiger partial charge < -0.3 is 4.74 Å². The second kappa shape index (κ2) is 10.2. The predicted octanol–water partition coefficient (Wildman–Crippen LogP) is 4.09. The highest BCUT2D eigenvalue weighted by Gasteiger charge is 2.24. The van der Waals surface area contributed by atoms with Gasteiger partial charge >= 0.3 is 0 Å². The summed E-state index contributed by atoms with van der Waals surface area (Å²) in [4.78, 5) is 24.7. The average Bonchev–Trinajstić information content (AvgIpc) is 2.70. The maximum Gasteiger partial charge on any atom is 0.279 e. The van der Waals surface area contributed by atoms with Crippen LogP contribution in [0.5, 0.6) is 5.75 Å². The van der Waals surface area contributed by atoms with Gasteiger partial charge in [0.15, 0.2) is 6.10 Å². The molecule has 2 unspecified atom stereocenters. The molecule has 2 atom stereocenters. The molecule has 0 radical (unpaired) electrons. The van der Waals surface area contributed by atoms with Gasteiger partial charge in [-0.3, -0.25) is 20.4 Å². The molecule has 5 nitrogen and oxygen atoms in total. The van der Waals surface area contributed by atoms with E-state index in [1.807, 2.05) is 31.2 Å². The third kappa shape index (κ3) is 5.48. The molecule has 2 rings (SSSR count). The first-order valence-electron chi connectivity index (χ1n) is 9.92. The summed E-state index contributed by atoms with van der Waals surface area (Å²) in [5.74, 6) is 0.708. The van der Waals surface area contributed by atoms with E-state index >= 15 is 0 Å². The van der Waals surface area contributed by atoms with Crippen molar-refractivity contribution < 1.29 is 14.3 Å². The summed E-state index contributed by atoms with van der Waals surface area (Å²) in [5, 5.41) is 0. The van der Waals surface area contributed by atoms with E-state index in [1.165, 1.54) is 6.42 Å². The molecule has 1 saturated carbocycles. The monoisotopic (exact) mass is 360 g/mol. The lowest BCUT2D eigenvalue weighted by Gasteiger charge is -2.23. The molecule has 1 aliphatic rings. The zero-order chi connectivity index (χ0) is 18.9. The van der Waals surface area contributed by atoms with Gasteiger partial charge in [-0.2, -0.15) is 0 Å². The molecule has 5 heteroatoms. The van der Waals surface area contributed by atoms with E-state index in [0.717, 1.165) is 43.4 Å². The van der Waals surface area contributed by atoms with Crippen molar-refractivity contribution in [2.24, 2.45) is 5.92 Å². The van der Waals surface area contributed by atoms with Crippen LogP contribution >= 0.6 is 0 Å². The Morgan fingerprint density at radius 3 is 2.42 bits per heavy atom. The molecule has 1 aliphatic carbocycles. The minimum Gasteiger partial charge on any atom is -0.480 e. The predicted molar refractivity (Wildman–Crippen MR) is 103 cm³/mol. The van der Waals surface area contributed by atoms with Crippen molar-refractivity contribution >= 4 is 11.8 Å². The van der Waals surface area contributed by atoms with Crippen LogP contribution in [0.15, 0.2) is 24.3 Å². The van der Waals surface area contributed by atoms with Gasteiger partial charge in [0.05, 0.1) is 0 Å². The van der Waals surface area contributed by atoms with Gasteiger partial charge in [-0.15, -0.1) is 0 Å². The molecule has 0 heterocycles. The summed E-state index contributed by atoms with van der Waals surface area (Å²) < 4.78 is 5.99. The van der Waals surface area contributed by atoms with E-state index in [1.54, 1.807) is 0 Å². The highest BCUT2D eigenvalue weighted by molar-refractivity contribution is 5.85. The van der Waals surface area contributed by atoms with Gasteiger partial charge in [0.25, 0.3) is 5.91 Å². The number of carbonyl (C=O) groups is 2. The van der Waals surface area contributed by atoms with E-state index in [4.69, 9.17) is 4.74 Å². The zero-order valence-corrected chi connectivity index (χ0v) is 16.2. The van der Waals surface area contributed by atoms with Crippen LogP contribution in [0.3, 0.4) is 0 Å². The van der Waals surface area contributed by atoms with Crippen LogP contribution in [0.1, 0.15) is 77.2 Å². The number of para-hydroxylation sites is 1.